The van der Waals surface area contributed by atoms with E-state index in [1.807, 2.05) is 6.07 Å². The number of hydrogen-bond donors (Lipinski definition) is 0. The maximum absolute atomic E-state index is 12.6. The standard InChI is InChI=1S/C26H31ClF2N2O3/c27-23-15-18(4-7-25(23)34-26(28)29)22-17-31-9-1-3-24(31)21-16-19(5-6-20(21)22)33-12-2-8-30-10-13-32-14-11-30/h4-7,15-16,22,24,26H,1-3,8-14,17H2/t22-,24+/m1/s1. The van der Waals surface area contributed by atoms with Crippen molar-refractivity contribution in [2.75, 3.05) is 52.5 Å². The van der Waals surface area contributed by atoms with Crippen LogP contribution in [0.1, 0.15) is 47.9 Å². The second-order valence-corrected chi connectivity index (χ2v) is 9.63. The second kappa shape index (κ2) is 10.8. The molecule has 2 aromatic carbocycles. The van der Waals surface area contributed by atoms with Crippen LogP contribution in [0.4, 0.5) is 8.78 Å². The third kappa shape index (κ3) is 5.33. The molecule has 0 bridgehead atoms. The van der Waals surface area contributed by atoms with E-state index in [1.165, 1.54) is 17.5 Å². The third-order valence-electron chi connectivity index (χ3n) is 7.14. The van der Waals surface area contributed by atoms with Crippen molar-refractivity contribution in [3.63, 3.8) is 0 Å². The molecule has 3 aliphatic rings. The third-order valence-corrected chi connectivity index (χ3v) is 7.43. The number of morpholine rings is 1. The summed E-state index contributed by atoms with van der Waals surface area (Å²) in [5.74, 6) is 1.04. The molecular formula is C26H31ClF2N2O3. The van der Waals surface area contributed by atoms with Crippen LogP contribution in [0.5, 0.6) is 11.5 Å². The van der Waals surface area contributed by atoms with Gasteiger partial charge in [0.15, 0.2) is 0 Å². The second-order valence-electron chi connectivity index (χ2n) is 9.22. The minimum Gasteiger partial charge on any atom is -0.494 e. The number of fused-ring (bicyclic) bond motifs is 3. The molecule has 0 aliphatic carbocycles. The monoisotopic (exact) mass is 492 g/mol. The van der Waals surface area contributed by atoms with E-state index >= 15 is 0 Å². The highest BCUT2D eigenvalue weighted by Crippen LogP contribution is 2.46. The lowest BCUT2D eigenvalue weighted by Gasteiger charge is -2.38. The van der Waals surface area contributed by atoms with Crippen molar-refractivity contribution in [2.24, 2.45) is 0 Å². The van der Waals surface area contributed by atoms with Crippen molar-refractivity contribution in [3.8, 4) is 11.5 Å². The average Bonchev–Trinajstić information content (AvgIpc) is 3.32. The van der Waals surface area contributed by atoms with Gasteiger partial charge in [-0.2, -0.15) is 8.78 Å². The predicted octanol–water partition coefficient (Wildman–Crippen LogP) is 5.32. The van der Waals surface area contributed by atoms with Crippen LogP contribution < -0.4 is 9.47 Å². The number of halogens is 3. The van der Waals surface area contributed by atoms with Crippen LogP contribution in [0.3, 0.4) is 0 Å². The van der Waals surface area contributed by atoms with E-state index in [2.05, 4.69) is 32.7 Å². The number of alkyl halides is 2. The molecule has 34 heavy (non-hydrogen) atoms. The first-order valence-electron chi connectivity index (χ1n) is 12.1. The number of rotatable bonds is 8. The number of hydrogen-bond acceptors (Lipinski definition) is 5. The zero-order valence-electron chi connectivity index (χ0n) is 19.2. The van der Waals surface area contributed by atoms with Gasteiger partial charge in [-0.25, -0.2) is 0 Å². The molecule has 0 spiro atoms. The van der Waals surface area contributed by atoms with E-state index in [4.69, 9.17) is 21.1 Å². The van der Waals surface area contributed by atoms with Gasteiger partial charge in [-0.15, -0.1) is 0 Å². The van der Waals surface area contributed by atoms with Crippen molar-refractivity contribution in [1.29, 1.82) is 0 Å². The fourth-order valence-electron chi connectivity index (χ4n) is 5.49. The summed E-state index contributed by atoms with van der Waals surface area (Å²) in [6.07, 6.45) is 3.30. The molecule has 0 saturated carbocycles. The van der Waals surface area contributed by atoms with Crippen molar-refractivity contribution in [2.45, 2.75) is 37.8 Å². The number of ether oxygens (including phenoxy) is 3. The van der Waals surface area contributed by atoms with Crippen molar-refractivity contribution in [1.82, 2.24) is 9.80 Å². The van der Waals surface area contributed by atoms with Gasteiger partial charge in [-0.3, -0.25) is 9.80 Å². The summed E-state index contributed by atoms with van der Waals surface area (Å²) in [6, 6.07) is 12.0. The van der Waals surface area contributed by atoms with Crippen LogP contribution in [0, 0.1) is 0 Å². The Balaban J connectivity index is 1.31. The molecule has 3 heterocycles. The SMILES string of the molecule is FC(F)Oc1ccc([C@H]2CN3CCC[C@H]3c3cc(OCCCN4CCOCC4)ccc32)cc1Cl. The minimum absolute atomic E-state index is 0.0105. The van der Waals surface area contributed by atoms with Crippen molar-refractivity contribution in [3.05, 3.63) is 58.1 Å². The van der Waals surface area contributed by atoms with E-state index in [9.17, 15) is 8.78 Å². The smallest absolute Gasteiger partial charge is 0.387 e. The van der Waals surface area contributed by atoms with Crippen molar-refractivity contribution < 1.29 is 23.0 Å². The first kappa shape index (κ1) is 23.8. The molecule has 0 radical (unpaired) electrons. The summed E-state index contributed by atoms with van der Waals surface area (Å²) in [5, 5.41) is 0.211. The molecule has 3 aliphatic heterocycles. The minimum atomic E-state index is -2.89. The average molecular weight is 493 g/mol. The normalized spacial score (nSPS) is 23.1. The molecule has 2 saturated heterocycles. The molecule has 2 aromatic rings. The van der Waals surface area contributed by atoms with Gasteiger partial charge in [-0.1, -0.05) is 23.7 Å². The Morgan fingerprint density at radius 1 is 1.06 bits per heavy atom. The molecule has 5 rings (SSSR count). The summed E-state index contributed by atoms with van der Waals surface area (Å²) in [5.41, 5.74) is 3.59. The van der Waals surface area contributed by atoms with E-state index in [0.717, 1.165) is 70.1 Å². The zero-order chi connectivity index (χ0) is 23.5. The number of nitrogens with zero attached hydrogens (tertiary/aromatic N) is 2. The summed E-state index contributed by atoms with van der Waals surface area (Å²) in [6.45, 7) is 4.41. The molecule has 0 N–H and O–H groups in total. The molecule has 184 valence electrons. The van der Waals surface area contributed by atoms with Gasteiger partial charge in [0.2, 0.25) is 0 Å². The lowest BCUT2D eigenvalue weighted by molar-refractivity contribution is -0.0498. The van der Waals surface area contributed by atoms with Gasteiger partial charge in [0, 0.05) is 38.1 Å². The van der Waals surface area contributed by atoms with E-state index in [1.54, 1.807) is 12.1 Å². The van der Waals surface area contributed by atoms with Gasteiger partial charge in [0.1, 0.15) is 11.5 Å². The Labute approximate surface area is 204 Å². The molecule has 0 aromatic heterocycles. The lowest BCUT2D eigenvalue weighted by Crippen LogP contribution is -2.37. The largest absolute Gasteiger partial charge is 0.494 e. The van der Waals surface area contributed by atoms with E-state index in [-0.39, 0.29) is 16.7 Å². The highest BCUT2D eigenvalue weighted by Gasteiger charge is 2.37. The van der Waals surface area contributed by atoms with Crippen LogP contribution in [0.25, 0.3) is 0 Å². The van der Waals surface area contributed by atoms with Crippen LogP contribution >= 0.6 is 11.6 Å². The van der Waals surface area contributed by atoms with Gasteiger partial charge in [0.25, 0.3) is 0 Å². The van der Waals surface area contributed by atoms with E-state index < -0.39 is 6.61 Å². The Kier molecular flexibility index (Phi) is 7.54. The van der Waals surface area contributed by atoms with Crippen molar-refractivity contribution >= 4 is 11.6 Å². The lowest BCUT2D eigenvalue weighted by atomic mass is 9.81. The molecule has 0 amide bonds. The van der Waals surface area contributed by atoms with Gasteiger partial charge in [0.05, 0.1) is 24.8 Å². The number of benzene rings is 2. The molecule has 8 heteroatoms. The molecule has 2 fully saturated rings. The fraction of sp³-hybridized carbons (Fsp3) is 0.538. The van der Waals surface area contributed by atoms with Gasteiger partial charge >= 0.3 is 6.61 Å². The molecular weight excluding hydrogens is 462 g/mol. The van der Waals surface area contributed by atoms with E-state index in [0.29, 0.717) is 12.6 Å². The topological polar surface area (TPSA) is 34.2 Å². The Bertz CT molecular complexity index is 987. The quantitative estimate of drug-likeness (QED) is 0.466. The predicted molar refractivity (Wildman–Crippen MR) is 127 cm³/mol. The maximum Gasteiger partial charge on any atom is 0.387 e. The first-order chi connectivity index (χ1) is 16.6. The summed E-state index contributed by atoms with van der Waals surface area (Å²) < 4.78 is 41.3. The van der Waals surface area contributed by atoms with Gasteiger partial charge < -0.3 is 14.2 Å². The maximum atomic E-state index is 12.6. The Hall–Kier alpha value is -1.93. The van der Waals surface area contributed by atoms with Crippen LogP contribution in [0.2, 0.25) is 5.02 Å². The summed E-state index contributed by atoms with van der Waals surface area (Å²) in [7, 11) is 0. The summed E-state index contributed by atoms with van der Waals surface area (Å²) >= 11 is 6.28. The van der Waals surface area contributed by atoms with Crippen LogP contribution in [-0.4, -0.2) is 69.0 Å². The zero-order valence-corrected chi connectivity index (χ0v) is 20.0. The molecule has 5 nitrogen and oxygen atoms in total. The van der Waals surface area contributed by atoms with Crippen LogP contribution in [-0.2, 0) is 4.74 Å². The Morgan fingerprint density at radius 2 is 1.91 bits per heavy atom. The highest BCUT2D eigenvalue weighted by atomic mass is 35.5. The highest BCUT2D eigenvalue weighted by molar-refractivity contribution is 6.32. The molecule has 2 atom stereocenters. The Morgan fingerprint density at radius 3 is 2.71 bits per heavy atom. The summed E-state index contributed by atoms with van der Waals surface area (Å²) in [4.78, 5) is 4.94. The fourth-order valence-corrected chi connectivity index (χ4v) is 5.73. The van der Waals surface area contributed by atoms with Crippen LogP contribution in [0.15, 0.2) is 36.4 Å². The van der Waals surface area contributed by atoms with Gasteiger partial charge in [-0.05, 0) is 66.8 Å². The molecule has 0 unspecified atom stereocenters. The first-order valence-corrected chi connectivity index (χ1v) is 12.5.